The minimum absolute atomic E-state index is 0.0589. The number of amides is 1. The molecule has 0 radical (unpaired) electrons. The number of benzene rings is 2. The molecule has 2 aromatic carbocycles. The molecule has 0 aliphatic carbocycles. The van der Waals surface area contributed by atoms with Gasteiger partial charge in [0.05, 0.1) is 4.92 Å². The van der Waals surface area contributed by atoms with E-state index in [0.717, 1.165) is 18.5 Å². The maximum atomic E-state index is 12.3. The zero-order valence-electron chi connectivity index (χ0n) is 16.1. The number of hydrogen-bond acceptors (Lipinski definition) is 5. The van der Waals surface area contributed by atoms with Crippen LogP contribution in [-0.4, -0.2) is 27.2 Å². The first-order valence-electron chi connectivity index (χ1n) is 9.25. The van der Waals surface area contributed by atoms with Crippen molar-refractivity contribution in [2.24, 2.45) is 0 Å². The van der Waals surface area contributed by atoms with Gasteiger partial charge in [-0.1, -0.05) is 12.1 Å². The summed E-state index contributed by atoms with van der Waals surface area (Å²) in [5.41, 5.74) is 1.99. The second kappa shape index (κ2) is 9.50. The van der Waals surface area contributed by atoms with Gasteiger partial charge in [-0.3, -0.25) is 19.6 Å². The van der Waals surface area contributed by atoms with E-state index in [4.69, 9.17) is 4.74 Å². The molecule has 0 fully saturated rings. The Balaban J connectivity index is 1.51. The van der Waals surface area contributed by atoms with Gasteiger partial charge < -0.3 is 10.1 Å². The van der Waals surface area contributed by atoms with E-state index in [1.165, 1.54) is 6.07 Å². The molecule has 8 heteroatoms. The highest BCUT2D eigenvalue weighted by molar-refractivity contribution is 5.94. The predicted molar refractivity (Wildman–Crippen MR) is 108 cm³/mol. The number of nitrogens with zero attached hydrogens (tertiary/aromatic N) is 3. The number of rotatable bonds is 9. The van der Waals surface area contributed by atoms with Gasteiger partial charge in [0.1, 0.15) is 12.4 Å². The number of nitrogens with one attached hydrogen (secondary N) is 1. The summed E-state index contributed by atoms with van der Waals surface area (Å²) < 4.78 is 7.54. The molecular weight excluding hydrogens is 372 g/mol. The van der Waals surface area contributed by atoms with Gasteiger partial charge in [0.2, 0.25) is 0 Å². The molecule has 1 heterocycles. The largest absolute Gasteiger partial charge is 0.489 e. The van der Waals surface area contributed by atoms with Crippen LogP contribution in [0.4, 0.5) is 5.69 Å². The Hall–Kier alpha value is -3.68. The van der Waals surface area contributed by atoms with Crippen molar-refractivity contribution in [2.45, 2.75) is 26.5 Å². The van der Waals surface area contributed by atoms with Crippen LogP contribution in [0.5, 0.6) is 5.75 Å². The number of carbonyl (C=O) groups excluding carboxylic acids is 1. The van der Waals surface area contributed by atoms with Crippen molar-refractivity contribution in [3.05, 3.63) is 87.7 Å². The summed E-state index contributed by atoms with van der Waals surface area (Å²) in [6, 6.07) is 13.7. The van der Waals surface area contributed by atoms with Gasteiger partial charge >= 0.3 is 0 Å². The number of aromatic nitrogens is 2. The standard InChI is InChI=1S/C21H22N4O4/c1-16-13-19(7-8-20(16)25(27)28)29-15-17-5-2-6-18(14-17)21(26)22-9-3-11-24-12-4-10-23-24/h2,4-8,10,12-14H,3,9,11,15H2,1H3,(H,22,26). The van der Waals surface area contributed by atoms with Gasteiger partial charge in [0, 0.05) is 42.7 Å². The third-order valence-corrected chi connectivity index (χ3v) is 4.37. The number of nitro benzene ring substituents is 1. The van der Waals surface area contributed by atoms with Gasteiger partial charge in [-0.25, -0.2) is 0 Å². The molecule has 3 aromatic rings. The van der Waals surface area contributed by atoms with Gasteiger partial charge in [-0.2, -0.15) is 5.10 Å². The maximum absolute atomic E-state index is 12.3. The number of ether oxygens (including phenoxy) is 1. The number of carbonyl (C=O) groups is 1. The Labute approximate surface area is 168 Å². The van der Waals surface area contributed by atoms with E-state index < -0.39 is 4.92 Å². The molecule has 3 rings (SSSR count). The highest BCUT2D eigenvalue weighted by Gasteiger charge is 2.11. The molecule has 0 atom stereocenters. The van der Waals surface area contributed by atoms with Crippen LogP contribution < -0.4 is 10.1 Å². The molecule has 0 spiro atoms. The van der Waals surface area contributed by atoms with Crippen LogP contribution >= 0.6 is 0 Å². The van der Waals surface area contributed by atoms with Crippen molar-refractivity contribution in [1.82, 2.24) is 15.1 Å². The Morgan fingerprint density at radius 1 is 1.24 bits per heavy atom. The summed E-state index contributed by atoms with van der Waals surface area (Å²) in [7, 11) is 0. The van der Waals surface area contributed by atoms with E-state index in [-0.39, 0.29) is 18.2 Å². The van der Waals surface area contributed by atoms with Crippen LogP contribution in [-0.2, 0) is 13.2 Å². The zero-order valence-corrected chi connectivity index (χ0v) is 16.1. The highest BCUT2D eigenvalue weighted by Crippen LogP contribution is 2.23. The van der Waals surface area contributed by atoms with Crippen LogP contribution in [0.15, 0.2) is 60.9 Å². The summed E-state index contributed by atoms with van der Waals surface area (Å²) in [6.07, 6.45) is 4.40. The smallest absolute Gasteiger partial charge is 0.272 e. The third kappa shape index (κ3) is 5.65. The first-order valence-corrected chi connectivity index (χ1v) is 9.25. The molecule has 1 N–H and O–H groups in total. The van der Waals surface area contributed by atoms with Crippen molar-refractivity contribution in [3.63, 3.8) is 0 Å². The van der Waals surface area contributed by atoms with Crippen molar-refractivity contribution in [1.29, 1.82) is 0 Å². The van der Waals surface area contributed by atoms with E-state index in [1.807, 2.05) is 23.0 Å². The molecule has 1 aromatic heterocycles. The maximum Gasteiger partial charge on any atom is 0.272 e. The second-order valence-corrected chi connectivity index (χ2v) is 6.57. The molecule has 0 saturated carbocycles. The Bertz CT molecular complexity index is 986. The number of aryl methyl sites for hydroxylation is 2. The molecule has 0 unspecified atom stereocenters. The molecule has 8 nitrogen and oxygen atoms in total. The minimum Gasteiger partial charge on any atom is -0.489 e. The number of nitro groups is 1. The monoisotopic (exact) mass is 394 g/mol. The summed E-state index contributed by atoms with van der Waals surface area (Å²) >= 11 is 0. The normalized spacial score (nSPS) is 10.5. The molecule has 0 aliphatic heterocycles. The van der Waals surface area contributed by atoms with E-state index in [0.29, 0.717) is 23.4 Å². The van der Waals surface area contributed by atoms with Crippen LogP contribution in [0.25, 0.3) is 0 Å². The lowest BCUT2D eigenvalue weighted by atomic mass is 10.1. The van der Waals surface area contributed by atoms with Crippen LogP contribution in [0.2, 0.25) is 0 Å². The van der Waals surface area contributed by atoms with E-state index in [9.17, 15) is 14.9 Å². The van der Waals surface area contributed by atoms with Crippen LogP contribution in [0, 0.1) is 17.0 Å². The van der Waals surface area contributed by atoms with Gasteiger partial charge in [0.15, 0.2) is 0 Å². The highest BCUT2D eigenvalue weighted by atomic mass is 16.6. The van der Waals surface area contributed by atoms with Gasteiger partial charge in [-0.15, -0.1) is 0 Å². The average molecular weight is 394 g/mol. The molecule has 150 valence electrons. The number of hydrogen-bond donors (Lipinski definition) is 1. The molecule has 0 saturated heterocycles. The Morgan fingerprint density at radius 2 is 2.10 bits per heavy atom. The van der Waals surface area contributed by atoms with Crippen molar-refractivity contribution >= 4 is 11.6 Å². The Morgan fingerprint density at radius 3 is 2.83 bits per heavy atom. The fourth-order valence-electron chi connectivity index (χ4n) is 2.87. The zero-order chi connectivity index (χ0) is 20.6. The van der Waals surface area contributed by atoms with E-state index >= 15 is 0 Å². The summed E-state index contributed by atoms with van der Waals surface area (Å²) in [4.78, 5) is 22.8. The van der Waals surface area contributed by atoms with E-state index in [1.54, 1.807) is 43.5 Å². The lowest BCUT2D eigenvalue weighted by Gasteiger charge is -2.09. The first kappa shape index (κ1) is 20.1. The lowest BCUT2D eigenvalue weighted by molar-refractivity contribution is -0.385. The summed E-state index contributed by atoms with van der Waals surface area (Å²) in [6.45, 7) is 3.23. The predicted octanol–water partition coefficient (Wildman–Crippen LogP) is 3.50. The average Bonchev–Trinajstić information content (AvgIpc) is 3.23. The van der Waals surface area contributed by atoms with Crippen molar-refractivity contribution < 1.29 is 14.5 Å². The summed E-state index contributed by atoms with van der Waals surface area (Å²) in [5.74, 6) is 0.403. The SMILES string of the molecule is Cc1cc(OCc2cccc(C(=O)NCCCn3cccn3)c2)ccc1[N+](=O)[O-]. The van der Waals surface area contributed by atoms with Gasteiger partial charge in [-0.05, 0) is 49.2 Å². The molecule has 0 bridgehead atoms. The topological polar surface area (TPSA) is 99.3 Å². The Kier molecular flexibility index (Phi) is 6.57. The fourth-order valence-corrected chi connectivity index (χ4v) is 2.87. The molecule has 29 heavy (non-hydrogen) atoms. The van der Waals surface area contributed by atoms with Crippen molar-refractivity contribution in [3.8, 4) is 5.75 Å². The lowest BCUT2D eigenvalue weighted by Crippen LogP contribution is -2.25. The summed E-state index contributed by atoms with van der Waals surface area (Å²) in [5, 5.41) is 17.9. The van der Waals surface area contributed by atoms with Crippen molar-refractivity contribution in [2.75, 3.05) is 6.54 Å². The molecular formula is C21H22N4O4. The van der Waals surface area contributed by atoms with Crippen LogP contribution in [0.1, 0.15) is 27.9 Å². The second-order valence-electron chi connectivity index (χ2n) is 6.57. The third-order valence-electron chi connectivity index (χ3n) is 4.37. The quantitative estimate of drug-likeness (QED) is 0.340. The van der Waals surface area contributed by atoms with Gasteiger partial charge in [0.25, 0.3) is 11.6 Å². The van der Waals surface area contributed by atoms with Crippen LogP contribution in [0.3, 0.4) is 0 Å². The van der Waals surface area contributed by atoms with E-state index in [2.05, 4.69) is 10.4 Å². The molecule has 1 amide bonds. The molecule has 0 aliphatic rings. The minimum atomic E-state index is -0.420. The fraction of sp³-hybridized carbons (Fsp3) is 0.238. The first-order chi connectivity index (χ1) is 14.0.